The zero-order chi connectivity index (χ0) is 26.2. The lowest BCUT2D eigenvalue weighted by atomic mass is 9.87. The molecule has 1 fully saturated rings. The van der Waals surface area contributed by atoms with E-state index in [2.05, 4.69) is 19.1 Å². The Morgan fingerprint density at radius 3 is 2.35 bits per heavy atom. The molecule has 0 bridgehead atoms. The van der Waals surface area contributed by atoms with Crippen molar-refractivity contribution in [1.29, 1.82) is 0 Å². The highest BCUT2D eigenvalue weighted by molar-refractivity contribution is 7.89. The molecule has 0 atom stereocenters. The molecule has 1 aliphatic heterocycles. The molecule has 0 saturated heterocycles. The van der Waals surface area contributed by atoms with Gasteiger partial charge in [-0.3, -0.25) is 4.79 Å². The third-order valence-corrected chi connectivity index (χ3v) is 9.49. The zero-order valence-electron chi connectivity index (χ0n) is 21.6. The number of hydrogen-bond acceptors (Lipinski definition) is 5. The fraction of sp³-hybridized carbons (Fsp3) is 0.367. The molecule has 0 N–H and O–H groups in total. The average molecular weight is 520 g/mol. The van der Waals surface area contributed by atoms with E-state index in [1.165, 1.54) is 4.31 Å². The van der Waals surface area contributed by atoms with Gasteiger partial charge in [-0.15, -0.1) is 0 Å². The predicted octanol–water partition coefficient (Wildman–Crippen LogP) is 5.41. The molecular formula is C30H33NO5S. The second-order valence-electron chi connectivity index (χ2n) is 10.2. The Balaban J connectivity index is 1.31. The molecule has 0 spiro atoms. The number of nitrogens with zero attached hydrogens (tertiary/aromatic N) is 1. The normalized spacial score (nSPS) is 15.7. The van der Waals surface area contributed by atoms with Crippen LogP contribution in [-0.2, 0) is 33.2 Å². The molecule has 1 aliphatic carbocycles. The van der Waals surface area contributed by atoms with E-state index in [9.17, 15) is 13.2 Å². The van der Waals surface area contributed by atoms with Crippen molar-refractivity contribution in [2.24, 2.45) is 0 Å². The number of fused-ring (bicyclic) bond motifs is 1. The summed E-state index contributed by atoms with van der Waals surface area (Å²) in [6.07, 6.45) is 2.68. The van der Waals surface area contributed by atoms with E-state index in [4.69, 9.17) is 9.47 Å². The molecule has 37 heavy (non-hydrogen) atoms. The van der Waals surface area contributed by atoms with Gasteiger partial charge in [-0.2, -0.15) is 0 Å². The van der Waals surface area contributed by atoms with E-state index in [0.29, 0.717) is 25.1 Å². The van der Waals surface area contributed by atoms with Gasteiger partial charge in [0, 0.05) is 20.0 Å². The minimum Gasteiger partial charge on any atom is -0.454 e. The van der Waals surface area contributed by atoms with Gasteiger partial charge in [-0.1, -0.05) is 55.5 Å². The van der Waals surface area contributed by atoms with Gasteiger partial charge in [0.25, 0.3) is 0 Å². The summed E-state index contributed by atoms with van der Waals surface area (Å²) < 4.78 is 37.0. The minimum absolute atomic E-state index is 0.155. The standard InChI is InChI=1S/C30H33NO5S/c1-4-15-37(33,34)31(3)19-22-7-9-24(10-8-22)26-16-23(6-5-21(26)2)17-29(32)30(13-14-30)25-11-12-27-28(18-25)36-20-35-27/h5-12,16,18H,4,13-15,17,19-20H2,1-3H3. The molecule has 194 valence electrons. The maximum atomic E-state index is 13.5. The highest BCUT2D eigenvalue weighted by Crippen LogP contribution is 2.51. The number of carbonyl (C=O) groups excluding carboxylic acids is 1. The van der Waals surface area contributed by atoms with E-state index in [1.54, 1.807) is 7.05 Å². The first kappa shape index (κ1) is 25.5. The molecule has 6 nitrogen and oxygen atoms in total. The third kappa shape index (κ3) is 5.15. The highest BCUT2D eigenvalue weighted by Gasteiger charge is 2.50. The summed E-state index contributed by atoms with van der Waals surface area (Å²) in [4.78, 5) is 13.5. The molecule has 0 radical (unpaired) electrons. The minimum atomic E-state index is -3.24. The number of ether oxygens (including phenoxy) is 2. The van der Waals surface area contributed by atoms with Crippen molar-refractivity contribution in [3.05, 3.63) is 82.9 Å². The smallest absolute Gasteiger partial charge is 0.231 e. The summed E-state index contributed by atoms with van der Waals surface area (Å²) in [7, 11) is -1.61. The average Bonchev–Trinajstić information content (AvgIpc) is 3.56. The summed E-state index contributed by atoms with van der Waals surface area (Å²) >= 11 is 0. The van der Waals surface area contributed by atoms with Crippen LogP contribution in [0.2, 0.25) is 0 Å². The van der Waals surface area contributed by atoms with Crippen molar-refractivity contribution < 1.29 is 22.7 Å². The lowest BCUT2D eigenvalue weighted by molar-refractivity contribution is -0.120. The first-order valence-corrected chi connectivity index (χ1v) is 14.4. The SMILES string of the molecule is CCCS(=O)(=O)N(C)Cc1ccc(-c2cc(CC(=O)C3(c4ccc5c(c4)OCO5)CC3)ccc2C)cc1. The summed E-state index contributed by atoms with van der Waals surface area (Å²) in [5, 5.41) is 0. The van der Waals surface area contributed by atoms with E-state index in [-0.39, 0.29) is 18.3 Å². The number of sulfonamides is 1. The number of benzene rings is 3. The number of rotatable bonds is 10. The number of aryl methyl sites for hydroxylation is 1. The molecule has 0 unspecified atom stereocenters. The van der Waals surface area contributed by atoms with Crippen LogP contribution >= 0.6 is 0 Å². The number of carbonyl (C=O) groups is 1. The second-order valence-corrected chi connectivity index (χ2v) is 12.4. The van der Waals surface area contributed by atoms with Gasteiger partial charge in [-0.25, -0.2) is 12.7 Å². The van der Waals surface area contributed by atoms with Crippen molar-refractivity contribution in [3.8, 4) is 22.6 Å². The summed E-state index contributed by atoms with van der Waals surface area (Å²) in [6.45, 7) is 4.50. The summed E-state index contributed by atoms with van der Waals surface area (Å²) in [5.74, 6) is 1.83. The first-order chi connectivity index (χ1) is 17.7. The molecule has 3 aromatic carbocycles. The Hall–Kier alpha value is -3.16. The van der Waals surface area contributed by atoms with E-state index < -0.39 is 15.4 Å². The van der Waals surface area contributed by atoms with Crippen LogP contribution in [0.5, 0.6) is 11.5 Å². The van der Waals surface area contributed by atoms with Crippen molar-refractivity contribution in [2.45, 2.75) is 51.5 Å². The molecular weight excluding hydrogens is 486 g/mol. The maximum absolute atomic E-state index is 13.5. The van der Waals surface area contributed by atoms with Crippen LogP contribution in [0.15, 0.2) is 60.7 Å². The van der Waals surface area contributed by atoms with Gasteiger partial charge in [0.2, 0.25) is 16.8 Å². The first-order valence-electron chi connectivity index (χ1n) is 12.8. The Bertz CT molecular complexity index is 1420. The lowest BCUT2D eigenvalue weighted by Crippen LogP contribution is -2.28. The van der Waals surface area contributed by atoms with Gasteiger partial charge >= 0.3 is 0 Å². The molecule has 3 aromatic rings. The van der Waals surface area contributed by atoms with Crippen LogP contribution in [0, 0.1) is 6.92 Å². The van der Waals surface area contributed by atoms with Crippen LogP contribution in [0.25, 0.3) is 11.1 Å². The Kier molecular flexibility index (Phi) is 6.86. The van der Waals surface area contributed by atoms with Crippen molar-refractivity contribution in [3.63, 3.8) is 0 Å². The molecule has 1 saturated carbocycles. The number of Topliss-reactive ketones (excluding diaryl/α,β-unsaturated/α-hetero) is 1. The predicted molar refractivity (Wildman–Crippen MR) is 144 cm³/mol. The molecule has 5 rings (SSSR count). The lowest BCUT2D eigenvalue weighted by Gasteiger charge is -2.17. The monoisotopic (exact) mass is 519 g/mol. The third-order valence-electron chi connectivity index (χ3n) is 7.48. The summed E-state index contributed by atoms with van der Waals surface area (Å²) in [5.41, 5.74) is 5.77. The quantitative estimate of drug-likeness (QED) is 0.358. The van der Waals surface area contributed by atoms with Gasteiger partial charge in [0.1, 0.15) is 5.78 Å². The number of ketones is 1. The van der Waals surface area contributed by atoms with Gasteiger partial charge in [0.15, 0.2) is 11.5 Å². The highest BCUT2D eigenvalue weighted by atomic mass is 32.2. The molecule has 0 amide bonds. The van der Waals surface area contributed by atoms with Gasteiger partial charge in [-0.05, 0) is 71.7 Å². The van der Waals surface area contributed by atoms with Gasteiger partial charge in [0.05, 0.1) is 11.2 Å². The van der Waals surface area contributed by atoms with E-state index in [0.717, 1.165) is 52.0 Å². The van der Waals surface area contributed by atoms with Crippen molar-refractivity contribution >= 4 is 15.8 Å². The Morgan fingerprint density at radius 1 is 0.946 bits per heavy atom. The summed E-state index contributed by atoms with van der Waals surface area (Å²) in [6, 6.07) is 20.1. The fourth-order valence-electron chi connectivity index (χ4n) is 5.05. The molecule has 0 aromatic heterocycles. The maximum Gasteiger partial charge on any atom is 0.231 e. The molecule has 1 heterocycles. The van der Waals surface area contributed by atoms with Crippen LogP contribution in [0.1, 0.15) is 48.4 Å². The topological polar surface area (TPSA) is 72.9 Å². The van der Waals surface area contributed by atoms with Crippen molar-refractivity contribution in [1.82, 2.24) is 4.31 Å². The number of hydrogen-bond donors (Lipinski definition) is 0. The van der Waals surface area contributed by atoms with E-state index in [1.807, 2.05) is 55.5 Å². The van der Waals surface area contributed by atoms with Gasteiger partial charge < -0.3 is 9.47 Å². The largest absolute Gasteiger partial charge is 0.454 e. The van der Waals surface area contributed by atoms with Crippen LogP contribution in [-0.4, -0.2) is 38.1 Å². The molecule has 7 heteroatoms. The van der Waals surface area contributed by atoms with Crippen molar-refractivity contribution in [2.75, 3.05) is 19.6 Å². The van der Waals surface area contributed by atoms with Crippen LogP contribution in [0.4, 0.5) is 0 Å². The van der Waals surface area contributed by atoms with Crippen LogP contribution in [0.3, 0.4) is 0 Å². The second kappa shape index (κ2) is 9.95. The Morgan fingerprint density at radius 2 is 1.65 bits per heavy atom. The zero-order valence-corrected chi connectivity index (χ0v) is 22.4. The Labute approximate surface area is 219 Å². The molecule has 2 aliphatic rings. The fourth-order valence-corrected chi connectivity index (χ4v) is 6.22. The van der Waals surface area contributed by atoms with E-state index >= 15 is 0 Å². The van der Waals surface area contributed by atoms with Crippen LogP contribution < -0.4 is 9.47 Å².